The standard InChI is InChI=1S/C12H17ClN2S/c13-11-5-3-8-15-12(11)16-9-6-10-4-1-2-7-14-10/h3,5,8,10,14H,1-2,4,6-7,9H2. The molecule has 16 heavy (non-hydrogen) atoms. The van der Waals surface area contributed by atoms with Crippen LogP contribution >= 0.6 is 23.4 Å². The van der Waals surface area contributed by atoms with Gasteiger partial charge in [0.25, 0.3) is 0 Å². The van der Waals surface area contributed by atoms with Crippen molar-refractivity contribution in [2.75, 3.05) is 12.3 Å². The predicted molar refractivity (Wildman–Crippen MR) is 70.2 cm³/mol. The van der Waals surface area contributed by atoms with Crippen molar-refractivity contribution < 1.29 is 0 Å². The van der Waals surface area contributed by atoms with Gasteiger partial charge >= 0.3 is 0 Å². The van der Waals surface area contributed by atoms with Crippen LogP contribution in [-0.2, 0) is 0 Å². The molecule has 0 bridgehead atoms. The van der Waals surface area contributed by atoms with Crippen molar-refractivity contribution in [2.45, 2.75) is 36.8 Å². The lowest BCUT2D eigenvalue weighted by Gasteiger charge is -2.23. The summed E-state index contributed by atoms with van der Waals surface area (Å²) in [6, 6.07) is 4.47. The summed E-state index contributed by atoms with van der Waals surface area (Å²) < 4.78 is 0. The Balaban J connectivity index is 1.73. The Bertz CT molecular complexity index is 327. The van der Waals surface area contributed by atoms with E-state index in [1.165, 1.54) is 32.2 Å². The molecule has 2 rings (SSSR count). The second kappa shape index (κ2) is 6.48. The van der Waals surface area contributed by atoms with E-state index in [0.29, 0.717) is 6.04 Å². The van der Waals surface area contributed by atoms with Gasteiger partial charge in [-0.25, -0.2) is 4.98 Å². The van der Waals surface area contributed by atoms with Crippen molar-refractivity contribution in [3.63, 3.8) is 0 Å². The van der Waals surface area contributed by atoms with E-state index in [2.05, 4.69) is 10.3 Å². The summed E-state index contributed by atoms with van der Waals surface area (Å²) in [6.07, 6.45) is 7.02. The van der Waals surface area contributed by atoms with E-state index < -0.39 is 0 Å². The zero-order valence-electron chi connectivity index (χ0n) is 9.29. The van der Waals surface area contributed by atoms with Crippen LogP contribution in [0.15, 0.2) is 23.4 Å². The molecule has 0 amide bonds. The van der Waals surface area contributed by atoms with Crippen molar-refractivity contribution in [3.8, 4) is 0 Å². The number of nitrogens with zero attached hydrogens (tertiary/aromatic N) is 1. The van der Waals surface area contributed by atoms with Crippen LogP contribution in [0.2, 0.25) is 5.02 Å². The molecular formula is C12H17ClN2S. The van der Waals surface area contributed by atoms with Crippen LogP contribution in [0.3, 0.4) is 0 Å². The maximum absolute atomic E-state index is 6.05. The number of rotatable bonds is 4. The van der Waals surface area contributed by atoms with E-state index >= 15 is 0 Å². The van der Waals surface area contributed by atoms with Crippen LogP contribution in [0.1, 0.15) is 25.7 Å². The zero-order valence-corrected chi connectivity index (χ0v) is 10.9. The van der Waals surface area contributed by atoms with Gasteiger partial charge < -0.3 is 5.32 Å². The second-order valence-electron chi connectivity index (χ2n) is 4.07. The van der Waals surface area contributed by atoms with Gasteiger partial charge in [-0.05, 0) is 37.9 Å². The summed E-state index contributed by atoms with van der Waals surface area (Å²) in [4.78, 5) is 4.27. The Morgan fingerprint density at radius 3 is 3.19 bits per heavy atom. The first-order valence-corrected chi connectivity index (χ1v) is 7.19. The van der Waals surface area contributed by atoms with Gasteiger partial charge in [0.05, 0.1) is 5.02 Å². The van der Waals surface area contributed by atoms with Crippen molar-refractivity contribution in [2.24, 2.45) is 0 Å². The van der Waals surface area contributed by atoms with Crippen LogP contribution in [0.4, 0.5) is 0 Å². The van der Waals surface area contributed by atoms with Crippen LogP contribution < -0.4 is 5.32 Å². The molecule has 1 atom stereocenters. The van der Waals surface area contributed by atoms with Crippen molar-refractivity contribution >= 4 is 23.4 Å². The van der Waals surface area contributed by atoms with E-state index in [-0.39, 0.29) is 0 Å². The molecule has 1 unspecified atom stereocenters. The normalized spacial score (nSPS) is 20.9. The minimum absolute atomic E-state index is 0.698. The third kappa shape index (κ3) is 3.65. The third-order valence-electron chi connectivity index (χ3n) is 2.84. The van der Waals surface area contributed by atoms with Crippen molar-refractivity contribution in [1.29, 1.82) is 0 Å². The molecule has 0 saturated carbocycles. The second-order valence-corrected chi connectivity index (χ2v) is 5.57. The molecule has 1 N–H and O–H groups in total. The van der Waals surface area contributed by atoms with E-state index in [1.54, 1.807) is 18.0 Å². The van der Waals surface area contributed by atoms with Gasteiger partial charge in [0.1, 0.15) is 5.03 Å². The summed E-state index contributed by atoms with van der Waals surface area (Å²) >= 11 is 7.80. The summed E-state index contributed by atoms with van der Waals surface area (Å²) in [5.74, 6) is 1.09. The molecule has 1 aliphatic heterocycles. The Hall–Kier alpha value is -0.250. The molecule has 1 aromatic rings. The molecule has 0 spiro atoms. The summed E-state index contributed by atoms with van der Waals surface area (Å²) in [5.41, 5.74) is 0. The zero-order chi connectivity index (χ0) is 11.2. The lowest BCUT2D eigenvalue weighted by atomic mass is 10.0. The van der Waals surface area contributed by atoms with Gasteiger partial charge in [-0.2, -0.15) is 0 Å². The van der Waals surface area contributed by atoms with Gasteiger partial charge in [-0.15, -0.1) is 11.8 Å². The molecule has 0 aromatic carbocycles. The number of pyridine rings is 1. The van der Waals surface area contributed by atoms with Crippen LogP contribution in [0.25, 0.3) is 0 Å². The van der Waals surface area contributed by atoms with Crippen molar-refractivity contribution in [1.82, 2.24) is 10.3 Å². The maximum Gasteiger partial charge on any atom is 0.115 e. The number of hydrogen-bond acceptors (Lipinski definition) is 3. The number of piperidine rings is 1. The first-order chi connectivity index (χ1) is 7.86. The number of nitrogens with one attached hydrogen (secondary N) is 1. The minimum atomic E-state index is 0.698. The molecule has 2 nitrogen and oxygen atoms in total. The predicted octanol–water partition coefficient (Wildman–Crippen LogP) is 3.36. The highest BCUT2D eigenvalue weighted by Gasteiger charge is 2.12. The van der Waals surface area contributed by atoms with E-state index in [9.17, 15) is 0 Å². The summed E-state index contributed by atoms with van der Waals surface area (Å²) in [5, 5.41) is 5.28. The fourth-order valence-electron chi connectivity index (χ4n) is 1.95. The van der Waals surface area contributed by atoms with E-state index in [1.807, 2.05) is 12.1 Å². The van der Waals surface area contributed by atoms with Crippen LogP contribution in [0.5, 0.6) is 0 Å². The molecule has 1 fully saturated rings. The molecular weight excluding hydrogens is 240 g/mol. The monoisotopic (exact) mass is 256 g/mol. The Kier molecular flexibility index (Phi) is 4.94. The quantitative estimate of drug-likeness (QED) is 0.837. The first-order valence-electron chi connectivity index (χ1n) is 5.83. The molecule has 0 radical (unpaired) electrons. The number of aromatic nitrogens is 1. The Morgan fingerprint density at radius 1 is 1.50 bits per heavy atom. The van der Waals surface area contributed by atoms with Gasteiger partial charge in [-0.1, -0.05) is 18.0 Å². The molecule has 1 saturated heterocycles. The Labute approximate surface area is 106 Å². The molecule has 0 aliphatic carbocycles. The smallest absolute Gasteiger partial charge is 0.115 e. The molecule has 4 heteroatoms. The molecule has 1 aliphatic rings. The van der Waals surface area contributed by atoms with Gasteiger partial charge in [0.2, 0.25) is 0 Å². The Morgan fingerprint density at radius 2 is 2.44 bits per heavy atom. The summed E-state index contributed by atoms with van der Waals surface area (Å²) in [6.45, 7) is 1.18. The average Bonchev–Trinajstić information content (AvgIpc) is 2.33. The number of hydrogen-bond donors (Lipinski definition) is 1. The number of thioether (sulfide) groups is 1. The lowest BCUT2D eigenvalue weighted by Crippen LogP contribution is -2.34. The topological polar surface area (TPSA) is 24.9 Å². The van der Waals surface area contributed by atoms with Gasteiger partial charge in [0, 0.05) is 18.0 Å². The van der Waals surface area contributed by atoms with Crippen LogP contribution in [0, 0.1) is 0 Å². The van der Waals surface area contributed by atoms with E-state index in [4.69, 9.17) is 11.6 Å². The lowest BCUT2D eigenvalue weighted by molar-refractivity contribution is 0.394. The largest absolute Gasteiger partial charge is 0.314 e. The highest BCUT2D eigenvalue weighted by Crippen LogP contribution is 2.25. The fraction of sp³-hybridized carbons (Fsp3) is 0.583. The SMILES string of the molecule is Clc1cccnc1SCCC1CCCCN1. The number of halogens is 1. The first kappa shape index (κ1) is 12.2. The fourth-order valence-corrected chi connectivity index (χ4v) is 3.17. The van der Waals surface area contributed by atoms with Crippen molar-refractivity contribution in [3.05, 3.63) is 23.4 Å². The highest BCUT2D eigenvalue weighted by atomic mass is 35.5. The average molecular weight is 257 g/mol. The highest BCUT2D eigenvalue weighted by molar-refractivity contribution is 7.99. The molecule has 88 valence electrons. The maximum atomic E-state index is 6.05. The van der Waals surface area contributed by atoms with Crippen LogP contribution in [-0.4, -0.2) is 23.3 Å². The third-order valence-corrected chi connectivity index (χ3v) is 4.30. The van der Waals surface area contributed by atoms with E-state index in [0.717, 1.165) is 15.8 Å². The molecule has 2 heterocycles. The molecule has 1 aromatic heterocycles. The van der Waals surface area contributed by atoms with Gasteiger partial charge in [0.15, 0.2) is 0 Å². The summed E-state index contributed by atoms with van der Waals surface area (Å²) in [7, 11) is 0. The van der Waals surface area contributed by atoms with Gasteiger partial charge in [-0.3, -0.25) is 0 Å². The minimum Gasteiger partial charge on any atom is -0.314 e.